The van der Waals surface area contributed by atoms with Gasteiger partial charge in [-0.3, -0.25) is 4.79 Å². The minimum Gasteiger partial charge on any atom is -0.469 e. The Bertz CT molecular complexity index is 262. The average molecular weight is 255 g/mol. The highest BCUT2D eigenvalue weighted by atomic mass is 19.4. The summed E-state index contributed by atoms with van der Waals surface area (Å²) in [5.41, 5.74) is 0. The van der Waals surface area contributed by atoms with Gasteiger partial charge in [0.1, 0.15) is 0 Å². The Balaban J connectivity index is 2.35. The zero-order valence-corrected chi connectivity index (χ0v) is 9.54. The molecule has 7 heteroatoms. The second-order valence-corrected chi connectivity index (χ2v) is 4.16. The lowest BCUT2D eigenvalue weighted by Gasteiger charge is -2.32. The van der Waals surface area contributed by atoms with Gasteiger partial charge in [-0.15, -0.1) is 0 Å². The minimum atomic E-state index is -4.58. The summed E-state index contributed by atoms with van der Waals surface area (Å²) in [6.45, 7) is 0.303. The lowest BCUT2D eigenvalue weighted by atomic mass is 9.97. The van der Waals surface area contributed by atoms with Crippen LogP contribution < -0.4 is 0 Å². The van der Waals surface area contributed by atoms with Gasteiger partial charge in [0.2, 0.25) is 0 Å². The first-order chi connectivity index (χ1) is 7.84. The van der Waals surface area contributed by atoms with Gasteiger partial charge < -0.3 is 14.7 Å². The summed E-state index contributed by atoms with van der Waals surface area (Å²) in [5, 5.41) is 8.90. The predicted octanol–water partition coefficient (Wildman–Crippen LogP) is 0.795. The molecule has 0 amide bonds. The summed E-state index contributed by atoms with van der Waals surface area (Å²) in [6, 6.07) is 0. The normalized spacial score (nSPS) is 21.2. The largest absolute Gasteiger partial charge is 0.469 e. The number of aliphatic hydroxyl groups excluding tert-OH is 1. The number of likely N-dealkylation sites (tertiary alicyclic amines) is 1. The molecule has 1 atom stereocenters. The highest BCUT2D eigenvalue weighted by molar-refractivity contribution is 5.72. The van der Waals surface area contributed by atoms with Crippen LogP contribution in [-0.2, 0) is 9.53 Å². The molecule has 1 rings (SSSR count). The van der Waals surface area contributed by atoms with Crippen LogP contribution in [0.1, 0.15) is 12.8 Å². The van der Waals surface area contributed by atoms with Crippen LogP contribution in [0.4, 0.5) is 13.2 Å². The van der Waals surface area contributed by atoms with E-state index < -0.39 is 18.8 Å². The number of carbonyl (C=O) groups is 1. The van der Waals surface area contributed by atoms with E-state index in [9.17, 15) is 18.0 Å². The molecule has 0 saturated carbocycles. The molecule has 1 fully saturated rings. The molecule has 17 heavy (non-hydrogen) atoms. The Morgan fingerprint density at radius 2 is 2.00 bits per heavy atom. The number of piperidine rings is 1. The third-order valence-corrected chi connectivity index (χ3v) is 2.93. The zero-order valence-electron chi connectivity index (χ0n) is 9.54. The summed E-state index contributed by atoms with van der Waals surface area (Å²) >= 11 is 0. The van der Waals surface area contributed by atoms with Gasteiger partial charge in [0, 0.05) is 6.54 Å². The molecule has 1 unspecified atom stereocenters. The maximum absolute atomic E-state index is 12.1. The van der Waals surface area contributed by atoms with Gasteiger partial charge in [0.15, 0.2) is 6.10 Å². The van der Waals surface area contributed by atoms with Gasteiger partial charge in [-0.05, 0) is 25.9 Å². The standard InChI is InChI=1S/C10H16F3NO3/c1-17-9(16)7-2-4-14(5-3-7)6-8(15)10(11,12)13/h7-8,15H,2-6H2,1H3. The Labute approximate surface area is 97.3 Å². The van der Waals surface area contributed by atoms with Gasteiger partial charge in [-0.25, -0.2) is 0 Å². The molecule has 1 heterocycles. The van der Waals surface area contributed by atoms with Crippen molar-refractivity contribution >= 4 is 5.97 Å². The number of esters is 1. The van der Waals surface area contributed by atoms with Crippen molar-refractivity contribution in [3.05, 3.63) is 0 Å². The predicted molar refractivity (Wildman–Crippen MR) is 53.2 cm³/mol. The van der Waals surface area contributed by atoms with Crippen molar-refractivity contribution < 1.29 is 27.8 Å². The minimum absolute atomic E-state index is 0.237. The number of ether oxygens (including phenoxy) is 1. The topological polar surface area (TPSA) is 49.8 Å². The van der Waals surface area contributed by atoms with E-state index >= 15 is 0 Å². The fourth-order valence-corrected chi connectivity index (χ4v) is 1.87. The number of β-amino-alcohol motifs (C(OH)–C–C–N with tert-alkyl or cyclic N) is 1. The van der Waals surface area contributed by atoms with Crippen molar-refractivity contribution in [1.82, 2.24) is 4.90 Å². The van der Waals surface area contributed by atoms with Crippen LogP contribution in [0.5, 0.6) is 0 Å². The van der Waals surface area contributed by atoms with E-state index in [4.69, 9.17) is 5.11 Å². The van der Waals surface area contributed by atoms with Crippen molar-refractivity contribution in [3.63, 3.8) is 0 Å². The number of hydrogen-bond acceptors (Lipinski definition) is 4. The van der Waals surface area contributed by atoms with E-state index in [1.165, 1.54) is 12.0 Å². The Morgan fingerprint density at radius 3 is 2.41 bits per heavy atom. The maximum Gasteiger partial charge on any atom is 0.415 e. The van der Waals surface area contributed by atoms with Crippen LogP contribution in [0.15, 0.2) is 0 Å². The van der Waals surface area contributed by atoms with E-state index in [0.717, 1.165) is 0 Å². The molecule has 0 radical (unpaired) electrons. The maximum atomic E-state index is 12.1. The van der Waals surface area contributed by atoms with Gasteiger partial charge in [-0.1, -0.05) is 0 Å². The summed E-state index contributed by atoms with van der Waals surface area (Å²) < 4.78 is 40.9. The lowest BCUT2D eigenvalue weighted by molar-refractivity contribution is -0.209. The van der Waals surface area contributed by atoms with E-state index in [1.807, 2.05) is 0 Å². The van der Waals surface area contributed by atoms with Gasteiger partial charge >= 0.3 is 12.1 Å². The summed E-state index contributed by atoms with van der Waals surface area (Å²) in [6.07, 6.45) is -5.97. The Hall–Kier alpha value is -0.820. The van der Waals surface area contributed by atoms with Crippen LogP contribution >= 0.6 is 0 Å². The van der Waals surface area contributed by atoms with Crippen LogP contribution in [0.2, 0.25) is 0 Å². The lowest BCUT2D eigenvalue weighted by Crippen LogP contribution is -2.45. The number of rotatable bonds is 3. The number of nitrogens with zero attached hydrogens (tertiary/aromatic N) is 1. The number of hydrogen-bond donors (Lipinski definition) is 1. The SMILES string of the molecule is COC(=O)C1CCN(CC(O)C(F)(F)F)CC1. The van der Waals surface area contributed by atoms with Crippen LogP contribution in [0.3, 0.4) is 0 Å². The first kappa shape index (κ1) is 14.2. The first-order valence-electron chi connectivity index (χ1n) is 5.39. The van der Waals surface area contributed by atoms with Crippen LogP contribution in [0.25, 0.3) is 0 Å². The van der Waals surface area contributed by atoms with Crippen molar-refractivity contribution in [2.24, 2.45) is 5.92 Å². The summed E-state index contributed by atoms with van der Waals surface area (Å²) in [7, 11) is 1.29. The molecule has 1 aliphatic heterocycles. The highest BCUT2D eigenvalue weighted by Gasteiger charge is 2.39. The molecule has 0 spiro atoms. The quantitative estimate of drug-likeness (QED) is 0.758. The number of methoxy groups -OCH3 is 1. The molecule has 100 valence electrons. The monoisotopic (exact) mass is 255 g/mol. The summed E-state index contributed by atoms with van der Waals surface area (Å²) in [4.78, 5) is 12.7. The fraction of sp³-hybridized carbons (Fsp3) is 0.900. The van der Waals surface area contributed by atoms with Crippen molar-refractivity contribution in [1.29, 1.82) is 0 Å². The Kier molecular flexibility index (Phi) is 4.76. The van der Waals surface area contributed by atoms with E-state index in [0.29, 0.717) is 25.9 Å². The molecule has 0 aromatic rings. The molecule has 1 saturated heterocycles. The van der Waals surface area contributed by atoms with Crippen molar-refractivity contribution in [2.45, 2.75) is 25.1 Å². The van der Waals surface area contributed by atoms with Gasteiger partial charge in [-0.2, -0.15) is 13.2 Å². The molecule has 0 aromatic heterocycles. The van der Waals surface area contributed by atoms with Crippen molar-refractivity contribution in [2.75, 3.05) is 26.7 Å². The average Bonchev–Trinajstić information content (AvgIpc) is 2.27. The van der Waals surface area contributed by atoms with E-state index in [-0.39, 0.29) is 11.9 Å². The van der Waals surface area contributed by atoms with E-state index in [2.05, 4.69) is 4.74 Å². The number of aliphatic hydroxyl groups is 1. The molecule has 4 nitrogen and oxygen atoms in total. The van der Waals surface area contributed by atoms with Gasteiger partial charge in [0.05, 0.1) is 13.0 Å². The van der Waals surface area contributed by atoms with Crippen LogP contribution in [0, 0.1) is 5.92 Å². The first-order valence-corrected chi connectivity index (χ1v) is 5.39. The second-order valence-electron chi connectivity index (χ2n) is 4.16. The number of carbonyl (C=O) groups excluding carboxylic acids is 1. The molecule has 0 aromatic carbocycles. The molecular formula is C10H16F3NO3. The number of halogens is 3. The molecule has 1 aliphatic rings. The highest BCUT2D eigenvalue weighted by Crippen LogP contribution is 2.23. The van der Waals surface area contributed by atoms with Crippen molar-refractivity contribution in [3.8, 4) is 0 Å². The fourth-order valence-electron chi connectivity index (χ4n) is 1.87. The smallest absolute Gasteiger partial charge is 0.415 e. The molecular weight excluding hydrogens is 239 g/mol. The molecule has 1 N–H and O–H groups in total. The van der Waals surface area contributed by atoms with Gasteiger partial charge in [0.25, 0.3) is 0 Å². The van der Waals surface area contributed by atoms with E-state index in [1.54, 1.807) is 0 Å². The second kappa shape index (κ2) is 5.68. The third-order valence-electron chi connectivity index (χ3n) is 2.93. The number of alkyl halides is 3. The molecule has 0 bridgehead atoms. The summed E-state index contributed by atoms with van der Waals surface area (Å²) in [5.74, 6) is -0.555. The zero-order chi connectivity index (χ0) is 13.1. The third kappa shape index (κ3) is 4.16. The Morgan fingerprint density at radius 1 is 1.47 bits per heavy atom. The van der Waals surface area contributed by atoms with Crippen LogP contribution in [-0.4, -0.2) is 55.0 Å². The molecule has 0 aliphatic carbocycles.